The zero-order valence-electron chi connectivity index (χ0n) is 17.1. The summed E-state index contributed by atoms with van der Waals surface area (Å²) in [6.45, 7) is 0.672. The summed E-state index contributed by atoms with van der Waals surface area (Å²) in [6, 6.07) is 6.36. The molecule has 2 aromatic rings. The number of nitrogens with one attached hydrogen (secondary N) is 2. The van der Waals surface area contributed by atoms with Crippen LogP contribution >= 0.6 is 11.6 Å². The van der Waals surface area contributed by atoms with Gasteiger partial charge in [-0.15, -0.1) is 0 Å². The molecule has 2 atom stereocenters. The molecule has 0 bridgehead atoms. The van der Waals surface area contributed by atoms with Crippen molar-refractivity contribution in [2.45, 2.75) is 44.1 Å². The van der Waals surface area contributed by atoms with E-state index in [9.17, 15) is 27.9 Å². The highest BCUT2D eigenvalue weighted by Gasteiger charge is 2.57. The Balaban J connectivity index is 1.60. The van der Waals surface area contributed by atoms with Gasteiger partial charge in [-0.1, -0.05) is 11.6 Å². The number of halogens is 4. The molecule has 1 fully saturated rings. The minimum atomic E-state index is -5.08. The largest absolute Gasteiger partial charge is 0.426 e. The monoisotopic (exact) mass is 460 g/mol. The molecule has 2 unspecified atom stereocenters. The van der Waals surface area contributed by atoms with Crippen LogP contribution in [-0.4, -0.2) is 69.8 Å². The number of amides is 3. The molecule has 1 aliphatic heterocycles. The lowest BCUT2D eigenvalue weighted by atomic mass is 9.99. The van der Waals surface area contributed by atoms with Gasteiger partial charge >= 0.3 is 12.2 Å². The smallest absolute Gasteiger partial charge is 0.373 e. The fourth-order valence-electron chi connectivity index (χ4n) is 3.60. The number of fused-ring (bicyclic) bond motifs is 1. The molecular formula is C20H24ClF3N4O3. The first-order valence-electron chi connectivity index (χ1n) is 9.76. The van der Waals surface area contributed by atoms with E-state index in [1.165, 1.54) is 11.9 Å². The van der Waals surface area contributed by atoms with Gasteiger partial charge in [0.25, 0.3) is 5.91 Å². The van der Waals surface area contributed by atoms with Crippen molar-refractivity contribution in [2.24, 2.45) is 0 Å². The van der Waals surface area contributed by atoms with Gasteiger partial charge in [0.2, 0.25) is 5.60 Å². The normalized spacial score (nSPS) is 19.2. The average molecular weight is 461 g/mol. The molecule has 7 nitrogen and oxygen atoms in total. The summed E-state index contributed by atoms with van der Waals surface area (Å²) in [4.78, 5) is 30.3. The number of H-pyrrole nitrogens is 1. The first kappa shape index (κ1) is 23.2. The molecule has 170 valence electrons. The van der Waals surface area contributed by atoms with E-state index in [2.05, 4.69) is 10.3 Å². The van der Waals surface area contributed by atoms with Crippen LogP contribution in [0.5, 0.6) is 0 Å². The summed E-state index contributed by atoms with van der Waals surface area (Å²) in [5.41, 5.74) is -1.82. The average Bonchev–Trinajstić information content (AvgIpc) is 3.12. The van der Waals surface area contributed by atoms with Crippen LogP contribution in [-0.2, 0) is 11.3 Å². The molecule has 2 heterocycles. The second kappa shape index (κ2) is 8.58. The lowest BCUT2D eigenvalue weighted by Crippen LogP contribution is -2.60. The van der Waals surface area contributed by atoms with Crippen LogP contribution in [0.4, 0.5) is 18.0 Å². The van der Waals surface area contributed by atoms with Gasteiger partial charge in [0.1, 0.15) is 0 Å². The van der Waals surface area contributed by atoms with Crippen LogP contribution < -0.4 is 5.32 Å². The Morgan fingerprint density at radius 3 is 2.74 bits per heavy atom. The van der Waals surface area contributed by atoms with Crippen molar-refractivity contribution in [3.8, 4) is 0 Å². The Labute approximate surface area is 182 Å². The fourth-order valence-corrected chi connectivity index (χ4v) is 3.79. The molecule has 0 aliphatic carbocycles. The zero-order chi connectivity index (χ0) is 23.0. The summed E-state index contributed by atoms with van der Waals surface area (Å²) in [5.74, 6) is -1.41. The second-order valence-electron chi connectivity index (χ2n) is 7.91. The number of carbonyl (C=O) groups is 2. The number of benzene rings is 1. The fraction of sp³-hybridized carbons (Fsp3) is 0.500. The minimum Gasteiger partial charge on any atom is -0.373 e. The third-order valence-corrected chi connectivity index (χ3v) is 5.82. The quantitative estimate of drug-likeness (QED) is 0.654. The van der Waals surface area contributed by atoms with E-state index in [4.69, 9.17) is 11.6 Å². The predicted octanol–water partition coefficient (Wildman–Crippen LogP) is 3.27. The molecule has 1 aromatic carbocycles. The number of nitrogens with zero attached hydrogens (tertiary/aromatic N) is 2. The van der Waals surface area contributed by atoms with Crippen molar-refractivity contribution in [1.82, 2.24) is 20.1 Å². The predicted molar refractivity (Wildman–Crippen MR) is 110 cm³/mol. The van der Waals surface area contributed by atoms with E-state index in [-0.39, 0.29) is 19.6 Å². The van der Waals surface area contributed by atoms with E-state index >= 15 is 0 Å². The summed E-state index contributed by atoms with van der Waals surface area (Å²) in [5, 5.41) is 13.9. The molecule has 1 aliphatic rings. The molecule has 3 N–H and O–H groups in total. The first-order chi connectivity index (χ1) is 14.4. The Kier molecular flexibility index (Phi) is 6.43. The molecule has 0 saturated carbocycles. The minimum absolute atomic E-state index is 0.0835. The molecule has 1 aromatic heterocycles. The van der Waals surface area contributed by atoms with Gasteiger partial charge in [-0.05, 0) is 44.0 Å². The van der Waals surface area contributed by atoms with Gasteiger partial charge in [0, 0.05) is 41.8 Å². The first-order valence-corrected chi connectivity index (χ1v) is 10.1. The zero-order valence-corrected chi connectivity index (χ0v) is 17.8. The van der Waals surface area contributed by atoms with Crippen molar-refractivity contribution >= 4 is 34.4 Å². The second-order valence-corrected chi connectivity index (χ2v) is 8.35. The summed E-state index contributed by atoms with van der Waals surface area (Å²) in [7, 11) is 1.53. The lowest BCUT2D eigenvalue weighted by molar-refractivity contribution is -0.250. The van der Waals surface area contributed by atoms with E-state index < -0.39 is 29.8 Å². The van der Waals surface area contributed by atoms with Gasteiger partial charge in [-0.2, -0.15) is 13.2 Å². The highest BCUT2D eigenvalue weighted by Crippen LogP contribution is 2.32. The number of hydrogen-bond donors (Lipinski definition) is 3. The highest BCUT2D eigenvalue weighted by molar-refractivity contribution is 6.31. The summed E-state index contributed by atoms with van der Waals surface area (Å²) >= 11 is 5.97. The number of carbonyl (C=O) groups excluding carboxylic acids is 2. The number of aromatic nitrogens is 1. The van der Waals surface area contributed by atoms with E-state index in [1.54, 1.807) is 12.1 Å². The Morgan fingerprint density at radius 2 is 2.06 bits per heavy atom. The van der Waals surface area contributed by atoms with Crippen LogP contribution in [0, 0.1) is 0 Å². The van der Waals surface area contributed by atoms with Crippen LogP contribution in [0.3, 0.4) is 0 Å². The third kappa shape index (κ3) is 4.90. The summed E-state index contributed by atoms with van der Waals surface area (Å²) < 4.78 is 39.0. The SMILES string of the molecule is CN(C(=O)NCc1cc2cc(Cl)ccc2[nH]1)C1CCCN(C(=O)C(C)(O)C(F)(F)F)C1. The molecule has 3 rings (SSSR count). The van der Waals surface area contributed by atoms with Gasteiger partial charge in [0.05, 0.1) is 12.6 Å². The number of urea groups is 1. The van der Waals surface area contributed by atoms with Crippen LogP contribution in [0.25, 0.3) is 10.9 Å². The molecule has 3 amide bonds. The van der Waals surface area contributed by atoms with Crippen LogP contribution in [0.15, 0.2) is 24.3 Å². The van der Waals surface area contributed by atoms with Crippen molar-refractivity contribution in [1.29, 1.82) is 0 Å². The van der Waals surface area contributed by atoms with Gasteiger partial charge in [-0.3, -0.25) is 4.79 Å². The topological polar surface area (TPSA) is 88.7 Å². The number of piperidine rings is 1. The number of rotatable bonds is 4. The van der Waals surface area contributed by atoms with E-state index in [0.29, 0.717) is 24.8 Å². The molecular weight excluding hydrogens is 437 g/mol. The molecule has 0 radical (unpaired) electrons. The number of likely N-dealkylation sites (N-methyl/N-ethyl adjacent to an activating group) is 1. The number of hydrogen-bond acceptors (Lipinski definition) is 3. The van der Waals surface area contributed by atoms with Crippen molar-refractivity contribution in [3.63, 3.8) is 0 Å². The van der Waals surface area contributed by atoms with E-state index in [0.717, 1.165) is 21.5 Å². The molecule has 1 saturated heterocycles. The van der Waals surface area contributed by atoms with Gasteiger partial charge in [0.15, 0.2) is 0 Å². The number of likely N-dealkylation sites (tertiary alicyclic amines) is 1. The maximum absolute atomic E-state index is 13.0. The van der Waals surface area contributed by atoms with Crippen molar-refractivity contribution in [3.05, 3.63) is 35.0 Å². The van der Waals surface area contributed by atoms with Crippen LogP contribution in [0.1, 0.15) is 25.5 Å². The van der Waals surface area contributed by atoms with Gasteiger partial charge < -0.3 is 25.2 Å². The Morgan fingerprint density at radius 1 is 1.35 bits per heavy atom. The van der Waals surface area contributed by atoms with Gasteiger partial charge in [-0.25, -0.2) is 4.79 Å². The lowest BCUT2D eigenvalue weighted by Gasteiger charge is -2.40. The van der Waals surface area contributed by atoms with Crippen LogP contribution in [0.2, 0.25) is 5.02 Å². The number of aliphatic hydroxyl groups is 1. The molecule has 31 heavy (non-hydrogen) atoms. The highest BCUT2D eigenvalue weighted by atomic mass is 35.5. The Hall–Kier alpha value is -2.46. The van der Waals surface area contributed by atoms with E-state index in [1.807, 2.05) is 12.1 Å². The third-order valence-electron chi connectivity index (χ3n) is 5.59. The Bertz CT molecular complexity index is 976. The number of alkyl halides is 3. The standard InChI is InChI=1S/C20H24ClF3N4O3/c1-19(31,20(22,23)24)17(29)28-7-3-4-15(11-28)27(2)18(30)25-10-14-9-12-8-13(21)5-6-16(12)26-14/h5-6,8-9,15,26,31H,3-4,7,10-11H2,1-2H3,(H,25,30). The molecule has 11 heteroatoms. The van der Waals surface area contributed by atoms with Crippen molar-refractivity contribution < 1.29 is 27.9 Å². The summed E-state index contributed by atoms with van der Waals surface area (Å²) in [6.07, 6.45) is -4.12. The number of aromatic amines is 1. The molecule has 0 spiro atoms. The maximum Gasteiger partial charge on any atom is 0.426 e. The maximum atomic E-state index is 13.0. The van der Waals surface area contributed by atoms with Crippen molar-refractivity contribution in [2.75, 3.05) is 20.1 Å².